The summed E-state index contributed by atoms with van der Waals surface area (Å²) >= 11 is 6.27. The van der Waals surface area contributed by atoms with Gasteiger partial charge in [-0.15, -0.1) is 0 Å². The zero-order valence-electron chi connectivity index (χ0n) is 21.9. The molecule has 3 aromatic rings. The van der Waals surface area contributed by atoms with Crippen molar-refractivity contribution in [1.29, 1.82) is 0 Å². The number of aliphatic imine (C=N–C) groups is 1. The number of amides is 2. The molecule has 8 nitrogen and oxygen atoms in total. The van der Waals surface area contributed by atoms with E-state index in [1.165, 1.54) is 4.90 Å². The molecule has 194 valence electrons. The van der Waals surface area contributed by atoms with Crippen molar-refractivity contribution in [2.75, 3.05) is 10.2 Å². The number of aryl methyl sites for hydroxylation is 2. The molecule has 38 heavy (non-hydrogen) atoms. The first kappa shape index (κ1) is 24.6. The second-order valence-electron chi connectivity index (χ2n) is 11.2. The third-order valence-corrected chi connectivity index (χ3v) is 7.57. The van der Waals surface area contributed by atoms with Gasteiger partial charge in [0.2, 0.25) is 5.91 Å². The van der Waals surface area contributed by atoms with Gasteiger partial charge in [0, 0.05) is 11.5 Å². The quantitative estimate of drug-likeness (QED) is 0.449. The number of halogens is 1. The molecule has 0 unspecified atom stereocenters. The van der Waals surface area contributed by atoms with Gasteiger partial charge >= 0.3 is 6.09 Å². The highest BCUT2D eigenvalue weighted by Crippen LogP contribution is 2.66. The largest absolute Gasteiger partial charge is 0.443 e. The molecule has 0 radical (unpaired) electrons. The summed E-state index contributed by atoms with van der Waals surface area (Å²) < 4.78 is 5.60. The molecule has 2 aliphatic heterocycles. The van der Waals surface area contributed by atoms with Crippen molar-refractivity contribution in [3.8, 4) is 0 Å². The SMILES string of the molecule is Cc1ccc2c(c1)[C@]1(C[C@H]1c1ccc3c(c1)CN=C3Nc1nc(C)ncc1Cl)C(=O)N2C(=O)OC(C)(C)C. The lowest BCUT2D eigenvalue weighted by molar-refractivity contribution is -0.120. The Labute approximate surface area is 226 Å². The molecule has 2 aromatic carbocycles. The zero-order valence-corrected chi connectivity index (χ0v) is 22.7. The fourth-order valence-corrected chi connectivity index (χ4v) is 5.66. The number of hydrogen-bond acceptors (Lipinski definition) is 7. The average molecular weight is 530 g/mol. The van der Waals surface area contributed by atoms with Gasteiger partial charge in [0.05, 0.1) is 23.8 Å². The summed E-state index contributed by atoms with van der Waals surface area (Å²) in [5.74, 6) is 1.57. The van der Waals surface area contributed by atoms with E-state index in [0.29, 0.717) is 41.2 Å². The van der Waals surface area contributed by atoms with Crippen molar-refractivity contribution in [3.05, 3.63) is 81.3 Å². The molecule has 1 N–H and O–H groups in total. The standard InChI is InChI=1S/C29H28ClN5O3/c1-15-6-9-23-20(10-15)29(26(36)35(23)27(37)38-28(3,4)5)12-21(29)17-7-8-19-18(11-17)13-32-24(19)34-25-22(30)14-31-16(2)33-25/h6-11,14,21H,12-13H2,1-5H3,(H,31,32,33,34)/t21-,29-/m0/s1. The van der Waals surface area contributed by atoms with E-state index < -0.39 is 17.1 Å². The van der Waals surface area contributed by atoms with E-state index in [-0.39, 0.29) is 11.8 Å². The molecule has 1 saturated carbocycles. The summed E-state index contributed by atoms with van der Waals surface area (Å²) in [6.07, 6.45) is 1.57. The number of anilines is 2. The van der Waals surface area contributed by atoms with Crippen LogP contribution in [0.2, 0.25) is 5.02 Å². The zero-order chi connectivity index (χ0) is 27.0. The van der Waals surface area contributed by atoms with E-state index in [1.54, 1.807) is 33.9 Å². The minimum atomic E-state index is -0.765. The van der Waals surface area contributed by atoms with Gasteiger partial charge in [-0.2, -0.15) is 0 Å². The van der Waals surface area contributed by atoms with E-state index in [9.17, 15) is 9.59 Å². The van der Waals surface area contributed by atoms with Gasteiger partial charge in [-0.1, -0.05) is 47.5 Å². The highest BCUT2D eigenvalue weighted by molar-refractivity contribution is 6.33. The number of ether oxygens (including phenoxy) is 1. The lowest BCUT2D eigenvalue weighted by Crippen LogP contribution is -2.41. The Morgan fingerprint density at radius 1 is 1.18 bits per heavy atom. The van der Waals surface area contributed by atoms with E-state index in [4.69, 9.17) is 16.3 Å². The molecule has 1 spiro atoms. The third-order valence-electron chi connectivity index (χ3n) is 7.29. The van der Waals surface area contributed by atoms with Gasteiger partial charge in [0.15, 0.2) is 5.82 Å². The number of hydrogen-bond donors (Lipinski definition) is 1. The number of carbonyl (C=O) groups is 2. The summed E-state index contributed by atoms with van der Waals surface area (Å²) in [5, 5.41) is 3.66. The molecule has 2 amide bonds. The molecule has 6 rings (SSSR count). The number of carbonyl (C=O) groups excluding carboxylic acids is 2. The minimum Gasteiger partial charge on any atom is -0.443 e. The highest BCUT2D eigenvalue weighted by Gasteiger charge is 2.68. The second-order valence-corrected chi connectivity index (χ2v) is 11.6. The Balaban J connectivity index is 1.30. The van der Waals surface area contributed by atoms with Crippen LogP contribution in [0, 0.1) is 13.8 Å². The molecule has 1 aliphatic carbocycles. The molecule has 2 atom stereocenters. The number of aromatic nitrogens is 2. The van der Waals surface area contributed by atoms with Crippen molar-refractivity contribution in [3.63, 3.8) is 0 Å². The summed E-state index contributed by atoms with van der Waals surface area (Å²) in [6.45, 7) is 9.71. The van der Waals surface area contributed by atoms with Gasteiger partial charge < -0.3 is 10.1 Å². The summed E-state index contributed by atoms with van der Waals surface area (Å²) in [6, 6.07) is 12.0. The summed E-state index contributed by atoms with van der Waals surface area (Å²) in [7, 11) is 0. The number of imide groups is 1. The maximum atomic E-state index is 13.9. The number of nitrogens with one attached hydrogen (secondary N) is 1. The normalized spacial score (nSPS) is 21.3. The monoisotopic (exact) mass is 529 g/mol. The fraction of sp³-hybridized carbons (Fsp3) is 0.345. The Morgan fingerprint density at radius 2 is 1.97 bits per heavy atom. The molecule has 9 heteroatoms. The van der Waals surface area contributed by atoms with Crippen LogP contribution >= 0.6 is 11.6 Å². The van der Waals surface area contributed by atoms with Crippen molar-refractivity contribution >= 4 is 40.9 Å². The van der Waals surface area contributed by atoms with Crippen molar-refractivity contribution in [1.82, 2.24) is 9.97 Å². The molecule has 1 fully saturated rings. The molecule has 3 heterocycles. The number of rotatable bonds is 2. The predicted octanol–water partition coefficient (Wildman–Crippen LogP) is 5.83. The van der Waals surface area contributed by atoms with Crippen molar-refractivity contribution in [2.45, 2.75) is 64.5 Å². The highest BCUT2D eigenvalue weighted by atomic mass is 35.5. The Bertz CT molecular complexity index is 1560. The number of benzene rings is 2. The number of nitrogens with zero attached hydrogens (tertiary/aromatic N) is 4. The van der Waals surface area contributed by atoms with Crippen LogP contribution in [0.15, 0.2) is 47.6 Å². The number of fused-ring (bicyclic) bond motifs is 3. The van der Waals surface area contributed by atoms with E-state index >= 15 is 0 Å². The van der Waals surface area contributed by atoms with Crippen molar-refractivity contribution in [2.24, 2.45) is 4.99 Å². The van der Waals surface area contributed by atoms with Crippen LogP contribution in [-0.2, 0) is 21.5 Å². The second kappa shape index (κ2) is 8.36. The molecular formula is C29H28ClN5O3. The fourth-order valence-electron chi connectivity index (χ4n) is 5.52. The first-order valence-electron chi connectivity index (χ1n) is 12.6. The van der Waals surface area contributed by atoms with E-state index in [2.05, 4.69) is 26.3 Å². The average Bonchev–Trinajstić information content (AvgIpc) is 3.41. The first-order chi connectivity index (χ1) is 18.0. The Kier molecular flexibility index (Phi) is 5.40. The minimum absolute atomic E-state index is 0.0377. The van der Waals surface area contributed by atoms with Crippen LogP contribution in [0.3, 0.4) is 0 Å². The third kappa shape index (κ3) is 3.86. The molecule has 0 saturated heterocycles. The molecule has 1 aromatic heterocycles. The molecule has 0 bridgehead atoms. The van der Waals surface area contributed by atoms with Crippen LogP contribution in [0.4, 0.5) is 16.3 Å². The van der Waals surface area contributed by atoms with Gasteiger partial charge in [-0.05, 0) is 63.8 Å². The van der Waals surface area contributed by atoms with Crippen LogP contribution < -0.4 is 10.2 Å². The topological polar surface area (TPSA) is 96.8 Å². The smallest absolute Gasteiger partial charge is 0.421 e. The summed E-state index contributed by atoms with van der Waals surface area (Å²) in [4.78, 5) is 41.4. The van der Waals surface area contributed by atoms with E-state index in [0.717, 1.165) is 27.8 Å². The van der Waals surface area contributed by atoms with Gasteiger partial charge in [0.25, 0.3) is 0 Å². The Hall–Kier alpha value is -3.78. The van der Waals surface area contributed by atoms with Crippen LogP contribution in [0.5, 0.6) is 0 Å². The van der Waals surface area contributed by atoms with Gasteiger partial charge in [-0.25, -0.2) is 19.7 Å². The van der Waals surface area contributed by atoms with Crippen LogP contribution in [-0.4, -0.2) is 33.4 Å². The van der Waals surface area contributed by atoms with E-state index in [1.807, 2.05) is 37.3 Å². The molecule has 3 aliphatic rings. The Morgan fingerprint density at radius 3 is 2.74 bits per heavy atom. The summed E-state index contributed by atoms with van der Waals surface area (Å²) in [5.41, 5.74) is 4.18. The maximum absolute atomic E-state index is 13.9. The van der Waals surface area contributed by atoms with Crippen LogP contribution in [0.1, 0.15) is 66.8 Å². The molecular weight excluding hydrogens is 502 g/mol. The lowest BCUT2D eigenvalue weighted by Gasteiger charge is -2.24. The van der Waals surface area contributed by atoms with Gasteiger partial charge in [0.1, 0.15) is 22.3 Å². The van der Waals surface area contributed by atoms with Crippen LogP contribution in [0.25, 0.3) is 0 Å². The lowest BCUT2D eigenvalue weighted by atomic mass is 9.90. The number of amidine groups is 1. The predicted molar refractivity (Wildman–Crippen MR) is 146 cm³/mol. The van der Waals surface area contributed by atoms with Gasteiger partial charge in [-0.3, -0.25) is 9.79 Å². The maximum Gasteiger partial charge on any atom is 0.421 e. The first-order valence-corrected chi connectivity index (χ1v) is 13.0. The van der Waals surface area contributed by atoms with Crippen molar-refractivity contribution < 1.29 is 14.3 Å².